The molecule has 0 saturated carbocycles. The number of carbonyl (C=O) groups is 1. The molecule has 1 aliphatic carbocycles. The van der Waals surface area contributed by atoms with E-state index in [0.29, 0.717) is 12.5 Å². The summed E-state index contributed by atoms with van der Waals surface area (Å²) < 4.78 is 7.52. The third-order valence-electron chi connectivity index (χ3n) is 5.69. The van der Waals surface area contributed by atoms with Gasteiger partial charge in [-0.1, -0.05) is 5.16 Å². The van der Waals surface area contributed by atoms with Crippen LogP contribution in [0, 0.1) is 0 Å². The lowest BCUT2D eigenvalue weighted by Gasteiger charge is -2.38. The number of hydrogen-bond donors (Lipinski definition) is 0. The van der Waals surface area contributed by atoms with Crippen LogP contribution in [0.25, 0.3) is 0 Å². The fourth-order valence-corrected chi connectivity index (χ4v) is 4.21. The molecule has 0 bridgehead atoms. The average Bonchev–Trinajstić information content (AvgIpc) is 3.30. The molecule has 0 radical (unpaired) electrons. The standard InChI is InChI=1S/C18H23N5O2/c24-18-6-3-7-22(18)13-8-19-23(11-13)14-9-21(10-14)12-16-15-4-1-2-5-17(15)25-20-16/h8,11,14H,1-7,9-10,12H2. The summed E-state index contributed by atoms with van der Waals surface area (Å²) in [5, 5.41) is 8.78. The van der Waals surface area contributed by atoms with Gasteiger partial charge in [0.25, 0.3) is 0 Å². The van der Waals surface area contributed by atoms with Gasteiger partial charge in [0.2, 0.25) is 5.91 Å². The number of fused-ring (bicyclic) bond motifs is 1. The Morgan fingerprint density at radius 3 is 2.88 bits per heavy atom. The summed E-state index contributed by atoms with van der Waals surface area (Å²) in [6, 6.07) is 0.384. The Kier molecular flexibility index (Phi) is 3.62. The molecule has 132 valence electrons. The second kappa shape index (κ2) is 5.98. The maximum Gasteiger partial charge on any atom is 0.227 e. The molecular formula is C18H23N5O2. The van der Waals surface area contributed by atoms with E-state index in [1.165, 1.54) is 18.4 Å². The van der Waals surface area contributed by atoms with Crippen LogP contribution in [0.1, 0.15) is 48.7 Å². The molecule has 2 fully saturated rings. The third kappa shape index (κ3) is 2.66. The minimum absolute atomic E-state index is 0.214. The maximum atomic E-state index is 11.8. The van der Waals surface area contributed by atoms with Crippen LogP contribution < -0.4 is 4.90 Å². The molecule has 25 heavy (non-hydrogen) atoms. The molecule has 2 aliphatic heterocycles. The number of aromatic nitrogens is 3. The predicted octanol–water partition coefficient (Wildman–Crippen LogP) is 1.93. The third-order valence-corrected chi connectivity index (χ3v) is 5.69. The summed E-state index contributed by atoms with van der Waals surface area (Å²) in [6.45, 7) is 3.63. The number of carbonyl (C=O) groups excluding carboxylic acids is 1. The first-order chi connectivity index (χ1) is 12.3. The number of hydrogen-bond acceptors (Lipinski definition) is 5. The Bertz CT molecular complexity index is 789. The lowest BCUT2D eigenvalue weighted by molar-refractivity contribution is -0.117. The summed E-state index contributed by atoms with van der Waals surface area (Å²) in [7, 11) is 0. The Morgan fingerprint density at radius 1 is 1.16 bits per heavy atom. The normalized spacial score (nSPS) is 21.6. The van der Waals surface area contributed by atoms with E-state index in [1.807, 2.05) is 22.0 Å². The van der Waals surface area contributed by atoms with Crippen molar-refractivity contribution in [3.63, 3.8) is 0 Å². The highest BCUT2D eigenvalue weighted by Crippen LogP contribution is 2.29. The quantitative estimate of drug-likeness (QED) is 0.850. The maximum absolute atomic E-state index is 11.8. The van der Waals surface area contributed by atoms with Crippen molar-refractivity contribution >= 4 is 11.6 Å². The molecule has 7 heteroatoms. The van der Waals surface area contributed by atoms with Gasteiger partial charge in [-0.25, -0.2) is 0 Å². The van der Waals surface area contributed by atoms with E-state index >= 15 is 0 Å². The molecule has 5 rings (SSSR count). The van der Waals surface area contributed by atoms with E-state index in [0.717, 1.165) is 62.6 Å². The fraction of sp³-hybridized carbons (Fsp3) is 0.611. The molecule has 2 aromatic heterocycles. The van der Waals surface area contributed by atoms with Crippen LogP contribution >= 0.6 is 0 Å². The Balaban J connectivity index is 1.20. The highest BCUT2D eigenvalue weighted by Gasteiger charge is 2.32. The van der Waals surface area contributed by atoms with Crippen molar-refractivity contribution in [2.24, 2.45) is 0 Å². The van der Waals surface area contributed by atoms with Crippen molar-refractivity contribution in [1.29, 1.82) is 0 Å². The first-order valence-corrected chi connectivity index (χ1v) is 9.31. The van der Waals surface area contributed by atoms with E-state index in [-0.39, 0.29) is 5.91 Å². The molecule has 2 saturated heterocycles. The highest BCUT2D eigenvalue weighted by molar-refractivity contribution is 5.95. The van der Waals surface area contributed by atoms with Gasteiger partial charge in [0.05, 0.1) is 17.9 Å². The van der Waals surface area contributed by atoms with Crippen molar-refractivity contribution in [3.8, 4) is 0 Å². The van der Waals surface area contributed by atoms with Crippen LogP contribution in [0.15, 0.2) is 16.9 Å². The smallest absolute Gasteiger partial charge is 0.227 e. The summed E-state index contributed by atoms with van der Waals surface area (Å²) in [4.78, 5) is 16.1. The molecule has 2 aromatic rings. The fourth-order valence-electron chi connectivity index (χ4n) is 4.21. The first-order valence-electron chi connectivity index (χ1n) is 9.31. The average molecular weight is 341 g/mol. The number of anilines is 1. The molecule has 0 spiro atoms. The predicted molar refractivity (Wildman–Crippen MR) is 91.3 cm³/mol. The minimum Gasteiger partial charge on any atom is -0.361 e. The van der Waals surface area contributed by atoms with Gasteiger partial charge >= 0.3 is 0 Å². The van der Waals surface area contributed by atoms with Gasteiger partial charge in [-0.15, -0.1) is 0 Å². The minimum atomic E-state index is 0.214. The molecule has 1 amide bonds. The Hall–Kier alpha value is -2.15. The highest BCUT2D eigenvalue weighted by atomic mass is 16.5. The zero-order valence-corrected chi connectivity index (χ0v) is 14.4. The Labute approximate surface area is 146 Å². The molecule has 3 aliphatic rings. The SMILES string of the molecule is O=C1CCCN1c1cnn(C2CN(Cc3noc4c3CCCC4)C2)c1. The summed E-state index contributed by atoms with van der Waals surface area (Å²) in [5.74, 6) is 1.32. The van der Waals surface area contributed by atoms with Gasteiger partial charge in [0.1, 0.15) is 11.5 Å². The van der Waals surface area contributed by atoms with E-state index in [9.17, 15) is 4.79 Å². The van der Waals surface area contributed by atoms with E-state index in [4.69, 9.17) is 4.52 Å². The van der Waals surface area contributed by atoms with Gasteiger partial charge in [0, 0.05) is 50.8 Å². The van der Waals surface area contributed by atoms with Gasteiger partial charge < -0.3 is 9.42 Å². The van der Waals surface area contributed by atoms with Gasteiger partial charge in [-0.05, 0) is 25.7 Å². The van der Waals surface area contributed by atoms with E-state index < -0.39 is 0 Å². The van der Waals surface area contributed by atoms with Crippen LogP contribution in [0.3, 0.4) is 0 Å². The van der Waals surface area contributed by atoms with Crippen molar-refractivity contribution in [1.82, 2.24) is 19.8 Å². The van der Waals surface area contributed by atoms with Gasteiger partial charge in [0.15, 0.2) is 0 Å². The van der Waals surface area contributed by atoms with Crippen LogP contribution in [-0.2, 0) is 24.2 Å². The first kappa shape index (κ1) is 15.1. The zero-order valence-electron chi connectivity index (χ0n) is 14.4. The molecule has 4 heterocycles. The number of amides is 1. The topological polar surface area (TPSA) is 67.4 Å². The lowest BCUT2D eigenvalue weighted by Crippen LogP contribution is -2.47. The molecule has 0 atom stereocenters. The monoisotopic (exact) mass is 341 g/mol. The largest absolute Gasteiger partial charge is 0.361 e. The van der Waals surface area contributed by atoms with Crippen molar-refractivity contribution in [3.05, 3.63) is 29.4 Å². The summed E-state index contributed by atoms with van der Waals surface area (Å²) >= 11 is 0. The molecule has 0 N–H and O–H groups in total. The number of likely N-dealkylation sites (tertiary alicyclic amines) is 1. The number of nitrogens with zero attached hydrogens (tertiary/aromatic N) is 5. The van der Waals surface area contributed by atoms with E-state index in [2.05, 4.69) is 15.2 Å². The second-order valence-corrected chi connectivity index (χ2v) is 7.41. The molecule has 0 aromatic carbocycles. The molecule has 7 nitrogen and oxygen atoms in total. The number of rotatable bonds is 4. The Morgan fingerprint density at radius 2 is 2.04 bits per heavy atom. The zero-order chi connectivity index (χ0) is 16.8. The lowest BCUT2D eigenvalue weighted by atomic mass is 9.96. The van der Waals surface area contributed by atoms with Crippen LogP contribution in [0.4, 0.5) is 5.69 Å². The van der Waals surface area contributed by atoms with Gasteiger partial charge in [-0.3, -0.25) is 14.4 Å². The van der Waals surface area contributed by atoms with Crippen molar-refractivity contribution in [2.75, 3.05) is 24.5 Å². The van der Waals surface area contributed by atoms with Crippen LogP contribution in [0.5, 0.6) is 0 Å². The summed E-state index contributed by atoms with van der Waals surface area (Å²) in [5.41, 5.74) is 3.41. The van der Waals surface area contributed by atoms with Crippen molar-refractivity contribution < 1.29 is 9.32 Å². The second-order valence-electron chi connectivity index (χ2n) is 7.41. The molecular weight excluding hydrogens is 318 g/mol. The summed E-state index contributed by atoms with van der Waals surface area (Å²) in [6.07, 6.45) is 10.1. The number of aryl methyl sites for hydroxylation is 1. The van der Waals surface area contributed by atoms with Gasteiger partial charge in [-0.2, -0.15) is 5.10 Å². The van der Waals surface area contributed by atoms with Crippen LogP contribution in [-0.4, -0.2) is 45.4 Å². The van der Waals surface area contributed by atoms with Crippen LogP contribution in [0.2, 0.25) is 0 Å². The van der Waals surface area contributed by atoms with E-state index in [1.54, 1.807) is 0 Å². The molecule has 0 unspecified atom stereocenters. The van der Waals surface area contributed by atoms with Crippen molar-refractivity contribution in [2.45, 2.75) is 51.1 Å².